The minimum atomic E-state index is -0.543. The lowest BCUT2D eigenvalue weighted by Gasteiger charge is -2.34. The SMILES string of the molecule is OC(c1ccc(F)cc1)C1CCN(Cc2cnc(-c3cncnc3)nc2)CC1. The Labute approximate surface area is 163 Å². The van der Waals surface area contributed by atoms with Gasteiger partial charge in [0.15, 0.2) is 5.82 Å². The normalized spacial score (nSPS) is 16.8. The van der Waals surface area contributed by atoms with Crippen molar-refractivity contribution in [3.8, 4) is 11.4 Å². The lowest BCUT2D eigenvalue weighted by Crippen LogP contribution is -2.35. The molecule has 1 atom stereocenters. The Morgan fingerprint density at radius 1 is 1.00 bits per heavy atom. The number of aliphatic hydroxyl groups is 1. The quantitative estimate of drug-likeness (QED) is 0.735. The van der Waals surface area contributed by atoms with Crippen molar-refractivity contribution in [3.63, 3.8) is 0 Å². The Hall–Kier alpha value is -2.77. The zero-order valence-electron chi connectivity index (χ0n) is 15.4. The van der Waals surface area contributed by atoms with E-state index < -0.39 is 6.10 Å². The summed E-state index contributed by atoms with van der Waals surface area (Å²) in [6, 6.07) is 6.14. The molecule has 0 bridgehead atoms. The Kier molecular flexibility index (Phi) is 5.64. The predicted octanol–water partition coefficient (Wildman–Crippen LogP) is 3.02. The van der Waals surface area contributed by atoms with Crippen LogP contribution in [-0.2, 0) is 6.54 Å². The topological polar surface area (TPSA) is 75.0 Å². The van der Waals surface area contributed by atoms with Gasteiger partial charge < -0.3 is 5.11 Å². The van der Waals surface area contributed by atoms with Gasteiger partial charge in [0, 0.05) is 36.9 Å². The third-order valence-electron chi connectivity index (χ3n) is 5.22. The summed E-state index contributed by atoms with van der Waals surface area (Å²) in [6.07, 6.45) is 9.81. The van der Waals surface area contributed by atoms with Crippen LogP contribution in [0.2, 0.25) is 0 Å². The number of piperidine rings is 1. The van der Waals surface area contributed by atoms with Gasteiger partial charge in [0.2, 0.25) is 0 Å². The molecule has 1 N–H and O–H groups in total. The Morgan fingerprint density at radius 3 is 2.29 bits per heavy atom. The van der Waals surface area contributed by atoms with Crippen molar-refractivity contribution in [2.75, 3.05) is 13.1 Å². The Bertz CT molecular complexity index is 881. The molecule has 1 saturated heterocycles. The van der Waals surface area contributed by atoms with E-state index in [1.165, 1.54) is 18.5 Å². The first kappa shape index (κ1) is 18.6. The zero-order chi connectivity index (χ0) is 19.3. The molecule has 1 fully saturated rings. The van der Waals surface area contributed by atoms with E-state index in [0.29, 0.717) is 5.82 Å². The van der Waals surface area contributed by atoms with Gasteiger partial charge in [0.1, 0.15) is 12.1 Å². The van der Waals surface area contributed by atoms with Gasteiger partial charge in [-0.15, -0.1) is 0 Å². The number of hydrogen-bond donors (Lipinski definition) is 1. The highest BCUT2D eigenvalue weighted by molar-refractivity contribution is 5.50. The smallest absolute Gasteiger partial charge is 0.162 e. The first-order valence-electron chi connectivity index (χ1n) is 9.41. The van der Waals surface area contributed by atoms with Crippen LogP contribution in [0.25, 0.3) is 11.4 Å². The van der Waals surface area contributed by atoms with E-state index in [9.17, 15) is 9.50 Å². The van der Waals surface area contributed by atoms with E-state index in [1.807, 2.05) is 12.4 Å². The second-order valence-electron chi connectivity index (χ2n) is 7.15. The lowest BCUT2D eigenvalue weighted by atomic mass is 9.87. The van der Waals surface area contributed by atoms with Crippen LogP contribution in [0.15, 0.2) is 55.4 Å². The third-order valence-corrected chi connectivity index (χ3v) is 5.22. The summed E-state index contributed by atoms with van der Waals surface area (Å²) in [7, 11) is 0. The Balaban J connectivity index is 1.31. The van der Waals surface area contributed by atoms with Crippen LogP contribution in [0.1, 0.15) is 30.1 Å². The largest absolute Gasteiger partial charge is 0.388 e. The molecule has 0 radical (unpaired) electrons. The van der Waals surface area contributed by atoms with Gasteiger partial charge in [0.05, 0.1) is 11.7 Å². The molecule has 2 aromatic heterocycles. The monoisotopic (exact) mass is 379 g/mol. The van der Waals surface area contributed by atoms with Crippen LogP contribution >= 0.6 is 0 Å². The summed E-state index contributed by atoms with van der Waals surface area (Å²) in [6.45, 7) is 2.58. The highest BCUT2D eigenvalue weighted by Crippen LogP contribution is 2.31. The molecule has 1 unspecified atom stereocenters. The highest BCUT2D eigenvalue weighted by Gasteiger charge is 2.26. The number of likely N-dealkylation sites (tertiary alicyclic amines) is 1. The summed E-state index contributed by atoms with van der Waals surface area (Å²) in [5.41, 5.74) is 2.64. The minimum Gasteiger partial charge on any atom is -0.388 e. The molecule has 28 heavy (non-hydrogen) atoms. The Morgan fingerprint density at radius 2 is 1.64 bits per heavy atom. The number of nitrogens with zero attached hydrogens (tertiary/aromatic N) is 5. The van der Waals surface area contributed by atoms with Crippen molar-refractivity contribution in [1.29, 1.82) is 0 Å². The van der Waals surface area contributed by atoms with Gasteiger partial charge in [-0.25, -0.2) is 24.3 Å². The maximum absolute atomic E-state index is 13.1. The fourth-order valence-corrected chi connectivity index (χ4v) is 3.62. The highest BCUT2D eigenvalue weighted by atomic mass is 19.1. The maximum Gasteiger partial charge on any atom is 0.162 e. The fraction of sp³-hybridized carbons (Fsp3) is 0.333. The average molecular weight is 379 g/mol. The minimum absolute atomic E-state index is 0.193. The molecule has 7 heteroatoms. The maximum atomic E-state index is 13.1. The van der Waals surface area contributed by atoms with Gasteiger partial charge >= 0.3 is 0 Å². The van der Waals surface area contributed by atoms with Crippen molar-refractivity contribution < 1.29 is 9.50 Å². The molecule has 0 spiro atoms. The molecule has 0 amide bonds. The van der Waals surface area contributed by atoms with Crippen LogP contribution in [0.5, 0.6) is 0 Å². The summed E-state index contributed by atoms with van der Waals surface area (Å²) >= 11 is 0. The molecule has 0 aliphatic carbocycles. The van der Waals surface area contributed by atoms with Crippen molar-refractivity contribution in [3.05, 3.63) is 72.3 Å². The van der Waals surface area contributed by atoms with Crippen LogP contribution in [0.4, 0.5) is 4.39 Å². The molecule has 4 rings (SSSR count). The van der Waals surface area contributed by atoms with Crippen LogP contribution in [0.3, 0.4) is 0 Å². The first-order chi connectivity index (χ1) is 13.7. The average Bonchev–Trinajstić information content (AvgIpc) is 2.75. The number of aromatic nitrogens is 4. The number of benzene rings is 1. The van der Waals surface area contributed by atoms with Gasteiger partial charge in [-0.3, -0.25) is 4.90 Å². The second kappa shape index (κ2) is 8.50. The fourth-order valence-electron chi connectivity index (χ4n) is 3.62. The van der Waals surface area contributed by atoms with Crippen molar-refractivity contribution in [2.24, 2.45) is 5.92 Å². The van der Waals surface area contributed by atoms with Gasteiger partial charge in [-0.05, 0) is 49.5 Å². The molecule has 6 nitrogen and oxygen atoms in total. The number of hydrogen-bond acceptors (Lipinski definition) is 6. The van der Waals surface area contributed by atoms with E-state index in [2.05, 4.69) is 24.8 Å². The molecule has 1 aliphatic heterocycles. The van der Waals surface area contributed by atoms with Crippen molar-refractivity contribution in [2.45, 2.75) is 25.5 Å². The molecule has 1 aliphatic rings. The molecule has 144 valence electrons. The number of halogens is 1. The molecule has 0 saturated carbocycles. The summed E-state index contributed by atoms with van der Waals surface area (Å²) in [5.74, 6) is 0.530. The van der Waals surface area contributed by atoms with Gasteiger partial charge in [0.25, 0.3) is 0 Å². The van der Waals surface area contributed by atoms with Crippen LogP contribution in [0, 0.1) is 11.7 Å². The molecule has 3 heterocycles. The standard InChI is InChI=1S/C21H22FN5O/c22-19-3-1-16(2-4-19)20(28)17-5-7-27(8-6-17)13-15-9-25-21(26-10-15)18-11-23-14-24-12-18/h1-4,9-12,14,17,20,28H,5-8,13H2. The first-order valence-corrected chi connectivity index (χ1v) is 9.41. The van der Waals surface area contributed by atoms with Gasteiger partial charge in [-0.2, -0.15) is 0 Å². The lowest BCUT2D eigenvalue weighted by molar-refractivity contribution is 0.0567. The molecule has 3 aromatic rings. The summed E-state index contributed by atoms with van der Waals surface area (Å²) in [5, 5.41) is 10.6. The summed E-state index contributed by atoms with van der Waals surface area (Å²) < 4.78 is 13.1. The van der Waals surface area contributed by atoms with E-state index in [1.54, 1.807) is 24.5 Å². The predicted molar refractivity (Wildman–Crippen MR) is 102 cm³/mol. The van der Waals surface area contributed by atoms with Gasteiger partial charge in [-0.1, -0.05) is 12.1 Å². The second-order valence-corrected chi connectivity index (χ2v) is 7.15. The zero-order valence-corrected chi connectivity index (χ0v) is 15.4. The van der Waals surface area contributed by atoms with E-state index in [0.717, 1.165) is 49.2 Å². The molecular formula is C21H22FN5O. The van der Waals surface area contributed by atoms with E-state index in [-0.39, 0.29) is 11.7 Å². The van der Waals surface area contributed by atoms with E-state index in [4.69, 9.17) is 0 Å². The molecule has 1 aromatic carbocycles. The van der Waals surface area contributed by atoms with Crippen molar-refractivity contribution in [1.82, 2.24) is 24.8 Å². The molecular weight excluding hydrogens is 357 g/mol. The van der Waals surface area contributed by atoms with Crippen molar-refractivity contribution >= 4 is 0 Å². The third kappa shape index (κ3) is 4.37. The number of aliphatic hydroxyl groups excluding tert-OH is 1. The van der Waals surface area contributed by atoms with Crippen LogP contribution in [-0.4, -0.2) is 43.0 Å². The van der Waals surface area contributed by atoms with E-state index >= 15 is 0 Å². The summed E-state index contributed by atoms with van der Waals surface area (Å²) in [4.78, 5) is 19.1. The number of rotatable bonds is 5. The van der Waals surface area contributed by atoms with Crippen LogP contribution < -0.4 is 0 Å².